The molecule has 0 spiro atoms. The van der Waals surface area contributed by atoms with E-state index in [-0.39, 0.29) is 11.3 Å². The van der Waals surface area contributed by atoms with Gasteiger partial charge in [0.15, 0.2) is 11.4 Å². The first-order valence-electron chi connectivity index (χ1n) is 12.3. The van der Waals surface area contributed by atoms with Crippen molar-refractivity contribution in [2.24, 2.45) is 17.6 Å². The standard InChI is InChI=1S/C28H29N3O8/c1-10-13-8-9-14(11-4-6-12(29)7-5-11)21(32)16(13)22(33)17-15(10)23(34)19-20(31(2)3)24(35)18(27(30)38)26(37)28(19,39)25(17)36/h4-10,15,19-20,23,32-34,37,39H,29H2,1-3H3,(H2,30,38)/t10-,15+,19+,20-,23-,28-/m0/s1. The largest absolute Gasteiger partial charge is 0.508 e. The van der Waals surface area contributed by atoms with Crippen LogP contribution in [0.1, 0.15) is 24.0 Å². The maximum absolute atomic E-state index is 14.0. The predicted molar refractivity (Wildman–Crippen MR) is 140 cm³/mol. The minimum Gasteiger partial charge on any atom is -0.508 e. The summed E-state index contributed by atoms with van der Waals surface area (Å²) in [5, 5.41) is 57.1. The molecule has 0 aliphatic heterocycles. The number of rotatable bonds is 3. The summed E-state index contributed by atoms with van der Waals surface area (Å²) in [6.45, 7) is 1.68. The van der Waals surface area contributed by atoms with E-state index in [0.717, 1.165) is 0 Å². The molecule has 3 aliphatic rings. The molecule has 0 bridgehead atoms. The highest BCUT2D eigenvalue weighted by Gasteiger charge is 2.68. The zero-order valence-corrected chi connectivity index (χ0v) is 21.4. The monoisotopic (exact) mass is 535 g/mol. The van der Waals surface area contributed by atoms with Crippen molar-refractivity contribution in [3.63, 3.8) is 0 Å². The number of amides is 1. The first-order valence-corrected chi connectivity index (χ1v) is 12.3. The molecule has 2 aromatic rings. The summed E-state index contributed by atoms with van der Waals surface area (Å²) in [5.74, 6) is -9.20. The van der Waals surface area contributed by atoms with Crippen molar-refractivity contribution in [3.05, 3.63) is 64.4 Å². The molecule has 0 aromatic heterocycles. The number of carbonyl (C=O) groups is 3. The number of hydrogen-bond acceptors (Lipinski definition) is 10. The molecule has 11 nitrogen and oxygen atoms in total. The van der Waals surface area contributed by atoms with Gasteiger partial charge in [0.2, 0.25) is 5.78 Å². The summed E-state index contributed by atoms with van der Waals surface area (Å²) < 4.78 is 0. The van der Waals surface area contributed by atoms with Crippen molar-refractivity contribution in [2.75, 3.05) is 19.8 Å². The minimum atomic E-state index is -2.95. The van der Waals surface area contributed by atoms with E-state index in [1.807, 2.05) is 0 Å². The topological polar surface area (TPSA) is 208 Å². The van der Waals surface area contributed by atoms with Crippen LogP contribution in [0.5, 0.6) is 5.75 Å². The number of ketones is 2. The van der Waals surface area contributed by atoms with E-state index in [1.54, 1.807) is 43.3 Å². The second-order valence-electron chi connectivity index (χ2n) is 10.6. The third kappa shape index (κ3) is 3.37. The van der Waals surface area contributed by atoms with Crippen molar-refractivity contribution in [1.82, 2.24) is 4.90 Å². The minimum absolute atomic E-state index is 0.0692. The summed E-state index contributed by atoms with van der Waals surface area (Å²) in [6.07, 6.45) is -1.64. The van der Waals surface area contributed by atoms with E-state index < -0.39 is 75.6 Å². The molecule has 0 radical (unpaired) electrons. The molecule has 2 aromatic carbocycles. The average Bonchev–Trinajstić information content (AvgIpc) is 2.86. The molecule has 5 rings (SSSR count). The molecular weight excluding hydrogens is 506 g/mol. The number of fused-ring (bicyclic) bond motifs is 3. The Balaban J connectivity index is 1.78. The fraction of sp³-hybridized carbons (Fsp3) is 0.321. The number of phenolic OH excluding ortho intramolecular Hbond substituents is 1. The molecule has 1 saturated carbocycles. The van der Waals surface area contributed by atoms with Gasteiger partial charge in [0.05, 0.1) is 23.6 Å². The van der Waals surface area contributed by atoms with Crippen LogP contribution in [0.3, 0.4) is 0 Å². The summed E-state index contributed by atoms with van der Waals surface area (Å²) >= 11 is 0. The van der Waals surface area contributed by atoms with Gasteiger partial charge in [-0.15, -0.1) is 0 Å². The number of benzene rings is 2. The molecule has 1 fully saturated rings. The van der Waals surface area contributed by atoms with E-state index in [9.17, 15) is 39.9 Å². The smallest absolute Gasteiger partial charge is 0.255 e. The number of Topliss-reactive ketones (excluding diaryl/α,β-unsaturated/α-hetero) is 2. The Bertz CT molecular complexity index is 1510. The Morgan fingerprint density at radius 2 is 1.64 bits per heavy atom. The van der Waals surface area contributed by atoms with E-state index in [4.69, 9.17) is 11.5 Å². The Kier molecular flexibility index (Phi) is 5.87. The Hall–Kier alpha value is -4.19. The van der Waals surface area contributed by atoms with Crippen LogP contribution in [0.15, 0.2) is 53.3 Å². The number of nitrogen functional groups attached to an aromatic ring is 1. The van der Waals surface area contributed by atoms with Crippen LogP contribution >= 0.6 is 0 Å². The Morgan fingerprint density at radius 1 is 1.03 bits per heavy atom. The average molecular weight is 536 g/mol. The molecule has 0 unspecified atom stereocenters. The third-order valence-electron chi connectivity index (χ3n) is 8.35. The van der Waals surface area contributed by atoms with Gasteiger partial charge in [0, 0.05) is 22.7 Å². The van der Waals surface area contributed by atoms with Crippen molar-refractivity contribution >= 4 is 28.9 Å². The van der Waals surface area contributed by atoms with Crippen LogP contribution in [0, 0.1) is 11.8 Å². The summed E-state index contributed by atoms with van der Waals surface area (Å²) in [7, 11) is 2.92. The maximum atomic E-state index is 14.0. The fourth-order valence-corrected chi connectivity index (χ4v) is 6.51. The van der Waals surface area contributed by atoms with Crippen molar-refractivity contribution in [3.8, 4) is 16.9 Å². The van der Waals surface area contributed by atoms with E-state index in [0.29, 0.717) is 22.4 Å². The number of aliphatic hydroxyl groups is 4. The lowest BCUT2D eigenvalue weighted by molar-refractivity contribution is -0.169. The van der Waals surface area contributed by atoms with Crippen LogP contribution in [-0.2, 0) is 14.4 Å². The van der Waals surface area contributed by atoms with Gasteiger partial charge < -0.3 is 37.0 Å². The highest BCUT2D eigenvalue weighted by atomic mass is 16.4. The molecule has 0 saturated heterocycles. The first-order chi connectivity index (χ1) is 18.2. The van der Waals surface area contributed by atoms with Crippen LogP contribution in [0.25, 0.3) is 16.9 Å². The van der Waals surface area contributed by atoms with Gasteiger partial charge in [0.25, 0.3) is 5.91 Å². The second kappa shape index (κ2) is 8.67. The van der Waals surface area contributed by atoms with Crippen LogP contribution in [-0.4, -0.2) is 79.7 Å². The summed E-state index contributed by atoms with van der Waals surface area (Å²) in [6, 6.07) is 8.53. The van der Waals surface area contributed by atoms with E-state index in [1.165, 1.54) is 19.0 Å². The van der Waals surface area contributed by atoms with Gasteiger partial charge in [-0.3, -0.25) is 19.3 Å². The van der Waals surface area contributed by atoms with E-state index >= 15 is 0 Å². The number of hydrogen-bond donors (Lipinski definition) is 7. The normalized spacial score (nSPS) is 30.3. The zero-order valence-electron chi connectivity index (χ0n) is 21.4. The maximum Gasteiger partial charge on any atom is 0.255 e. The summed E-state index contributed by atoms with van der Waals surface area (Å²) in [5.41, 5.74) is 8.54. The predicted octanol–water partition coefficient (Wildman–Crippen LogP) is 0.745. The van der Waals surface area contributed by atoms with Crippen LogP contribution in [0.2, 0.25) is 0 Å². The number of nitrogens with zero attached hydrogens (tertiary/aromatic N) is 1. The molecule has 1 amide bonds. The third-order valence-corrected chi connectivity index (χ3v) is 8.35. The SMILES string of the molecule is C[C@H]1c2ccc(-c3ccc(N)cc3)c(O)c2C(O)=C2C(=O)[C@]3(O)C(O)=C(C(N)=O)C(=O)[C@@H](N(C)C)[C@@H]3[C@@H](O)[C@@H]21. The Labute approximate surface area is 223 Å². The number of likely N-dealkylation sites (N-methyl/N-ethyl adjacent to an activating group) is 1. The number of nitrogens with two attached hydrogens (primary N) is 2. The molecule has 204 valence electrons. The van der Waals surface area contributed by atoms with E-state index in [2.05, 4.69) is 0 Å². The highest BCUT2D eigenvalue weighted by molar-refractivity contribution is 6.24. The van der Waals surface area contributed by atoms with Gasteiger partial charge in [-0.1, -0.05) is 31.2 Å². The molecule has 9 N–H and O–H groups in total. The molecular formula is C28H29N3O8. The number of carbonyl (C=O) groups excluding carboxylic acids is 3. The molecule has 3 aliphatic carbocycles. The van der Waals surface area contributed by atoms with Crippen molar-refractivity contribution < 1.29 is 39.9 Å². The van der Waals surface area contributed by atoms with Gasteiger partial charge >= 0.3 is 0 Å². The molecule has 6 atom stereocenters. The van der Waals surface area contributed by atoms with Crippen molar-refractivity contribution in [2.45, 2.75) is 30.6 Å². The van der Waals surface area contributed by atoms with Crippen LogP contribution in [0.4, 0.5) is 5.69 Å². The van der Waals surface area contributed by atoms with Crippen LogP contribution < -0.4 is 11.5 Å². The van der Waals surface area contributed by atoms with Gasteiger partial charge in [-0.05, 0) is 43.3 Å². The molecule has 0 heterocycles. The lowest BCUT2D eigenvalue weighted by atomic mass is 9.54. The van der Waals surface area contributed by atoms with Gasteiger partial charge in [-0.2, -0.15) is 0 Å². The number of phenols is 1. The Morgan fingerprint density at radius 3 is 2.21 bits per heavy atom. The zero-order chi connectivity index (χ0) is 28.7. The molecule has 39 heavy (non-hydrogen) atoms. The molecule has 11 heteroatoms. The number of aliphatic hydroxyl groups excluding tert-OH is 3. The second-order valence-corrected chi connectivity index (χ2v) is 10.6. The number of anilines is 1. The van der Waals surface area contributed by atoms with Gasteiger partial charge in [-0.25, -0.2) is 0 Å². The summed E-state index contributed by atoms with van der Waals surface area (Å²) in [4.78, 5) is 40.7. The van der Waals surface area contributed by atoms with Gasteiger partial charge in [0.1, 0.15) is 22.8 Å². The quantitative estimate of drug-likeness (QED) is 0.217. The fourth-order valence-electron chi connectivity index (χ4n) is 6.51. The number of primary amides is 1. The van der Waals surface area contributed by atoms with Crippen molar-refractivity contribution in [1.29, 1.82) is 0 Å². The lowest BCUT2D eigenvalue weighted by Crippen LogP contribution is -2.70. The lowest BCUT2D eigenvalue weighted by Gasteiger charge is -2.53. The highest BCUT2D eigenvalue weighted by Crippen LogP contribution is 2.56. The number of aromatic hydroxyl groups is 1. The first kappa shape index (κ1) is 26.4.